The number of halogens is 1. The van der Waals surface area contributed by atoms with Crippen LogP contribution in [0.1, 0.15) is 48.6 Å². The molecule has 21 heavy (non-hydrogen) atoms. The summed E-state index contributed by atoms with van der Waals surface area (Å²) in [6.45, 7) is 9.45. The lowest BCUT2D eigenvalue weighted by atomic mass is 10.1. The van der Waals surface area contributed by atoms with Gasteiger partial charge in [0.15, 0.2) is 5.69 Å². The monoisotopic (exact) mass is 353 g/mol. The van der Waals surface area contributed by atoms with Gasteiger partial charge >= 0.3 is 0 Å². The van der Waals surface area contributed by atoms with Gasteiger partial charge in [-0.05, 0) is 43.6 Å². The molecule has 0 saturated carbocycles. The maximum atomic E-state index is 12.3. The summed E-state index contributed by atoms with van der Waals surface area (Å²) in [7, 11) is 0. The number of carbonyl (C=O) groups excluding carboxylic acids is 1. The van der Waals surface area contributed by atoms with E-state index in [0.717, 1.165) is 24.3 Å². The smallest absolute Gasteiger partial charge is 0.273 e. The number of rotatable bonds is 5. The van der Waals surface area contributed by atoms with E-state index in [4.69, 9.17) is 0 Å². The number of carbonyl (C=O) groups is 1. The zero-order valence-corrected chi connectivity index (χ0v) is 14.3. The van der Waals surface area contributed by atoms with Gasteiger partial charge in [0.1, 0.15) is 0 Å². The fraction of sp³-hybridized carbons (Fsp3) is 0.500. The summed E-state index contributed by atoms with van der Waals surface area (Å²) in [6, 6.07) is -0.114. The van der Waals surface area contributed by atoms with Crippen molar-refractivity contribution >= 4 is 21.8 Å². The quantitative estimate of drug-likeness (QED) is 0.898. The highest BCUT2D eigenvalue weighted by Crippen LogP contribution is 2.19. The zero-order chi connectivity index (χ0) is 15.6. The number of aryl methyl sites for hydroxylation is 3. The lowest BCUT2D eigenvalue weighted by Gasteiger charge is -2.12. The zero-order valence-electron chi connectivity index (χ0n) is 12.7. The molecule has 1 amide bonds. The van der Waals surface area contributed by atoms with Crippen LogP contribution >= 0.6 is 15.9 Å². The molecule has 2 rings (SSSR count). The van der Waals surface area contributed by atoms with Gasteiger partial charge in [-0.2, -0.15) is 10.2 Å². The summed E-state index contributed by atoms with van der Waals surface area (Å²) in [5.41, 5.74) is 2.36. The highest BCUT2D eigenvalue weighted by atomic mass is 79.9. The lowest BCUT2D eigenvalue weighted by Crippen LogP contribution is -2.27. The minimum Gasteiger partial charge on any atom is -0.344 e. The van der Waals surface area contributed by atoms with Gasteiger partial charge in [0.05, 0.1) is 16.2 Å². The Morgan fingerprint density at radius 3 is 2.43 bits per heavy atom. The molecule has 6 nitrogen and oxygen atoms in total. The number of aromatic nitrogens is 4. The number of hydrogen-bond donors (Lipinski definition) is 1. The SMILES string of the molecule is CCn1cc(C(C)NC(=O)c2nn(CC)cc2Br)c(C)n1. The predicted molar refractivity (Wildman–Crippen MR) is 84.1 cm³/mol. The molecule has 0 spiro atoms. The summed E-state index contributed by atoms with van der Waals surface area (Å²) in [4.78, 5) is 12.3. The summed E-state index contributed by atoms with van der Waals surface area (Å²) in [5, 5.41) is 11.6. The Kier molecular flexibility index (Phi) is 4.82. The molecule has 0 aromatic carbocycles. The first-order chi connectivity index (χ1) is 9.96. The van der Waals surface area contributed by atoms with Gasteiger partial charge in [0.25, 0.3) is 5.91 Å². The van der Waals surface area contributed by atoms with Crippen molar-refractivity contribution in [2.45, 2.75) is 46.8 Å². The Morgan fingerprint density at radius 2 is 1.90 bits per heavy atom. The van der Waals surface area contributed by atoms with Gasteiger partial charge < -0.3 is 5.32 Å². The molecule has 0 fully saturated rings. The van der Waals surface area contributed by atoms with E-state index in [1.54, 1.807) is 10.9 Å². The molecule has 2 heterocycles. The van der Waals surface area contributed by atoms with E-state index < -0.39 is 0 Å². The average Bonchev–Trinajstić information content (AvgIpc) is 3.01. The third-order valence-electron chi connectivity index (χ3n) is 3.38. The average molecular weight is 354 g/mol. The van der Waals surface area contributed by atoms with E-state index in [-0.39, 0.29) is 11.9 Å². The van der Waals surface area contributed by atoms with Crippen molar-refractivity contribution in [3.8, 4) is 0 Å². The van der Waals surface area contributed by atoms with Crippen molar-refractivity contribution in [1.29, 1.82) is 0 Å². The van der Waals surface area contributed by atoms with Crippen molar-refractivity contribution < 1.29 is 4.79 Å². The number of hydrogen-bond acceptors (Lipinski definition) is 3. The summed E-state index contributed by atoms with van der Waals surface area (Å²) in [5.74, 6) is -0.190. The molecular weight excluding hydrogens is 334 g/mol. The molecule has 0 radical (unpaired) electrons. The molecule has 1 atom stereocenters. The van der Waals surface area contributed by atoms with E-state index in [0.29, 0.717) is 10.2 Å². The van der Waals surface area contributed by atoms with Crippen molar-refractivity contribution in [1.82, 2.24) is 24.9 Å². The van der Waals surface area contributed by atoms with E-state index in [2.05, 4.69) is 31.4 Å². The molecule has 0 aliphatic rings. The van der Waals surface area contributed by atoms with E-state index in [9.17, 15) is 4.79 Å². The molecule has 2 aromatic rings. The van der Waals surface area contributed by atoms with Crippen LogP contribution in [0.4, 0.5) is 0 Å². The standard InChI is InChI=1S/C14H20BrN5O/c1-5-19-7-11(10(4)17-19)9(3)16-14(21)13-12(15)8-20(6-2)18-13/h7-9H,5-6H2,1-4H3,(H,16,21). The van der Waals surface area contributed by atoms with Crippen LogP contribution in [0.5, 0.6) is 0 Å². The Hall–Kier alpha value is -1.63. The summed E-state index contributed by atoms with van der Waals surface area (Å²) >= 11 is 3.37. The van der Waals surface area contributed by atoms with E-state index in [1.807, 2.05) is 38.6 Å². The third-order valence-corrected chi connectivity index (χ3v) is 3.96. The van der Waals surface area contributed by atoms with Crippen LogP contribution in [0.25, 0.3) is 0 Å². The number of amides is 1. The van der Waals surface area contributed by atoms with Crippen molar-refractivity contribution in [3.63, 3.8) is 0 Å². The fourth-order valence-electron chi connectivity index (χ4n) is 2.18. The van der Waals surface area contributed by atoms with Crippen LogP contribution in [0.3, 0.4) is 0 Å². The van der Waals surface area contributed by atoms with Crippen LogP contribution in [0, 0.1) is 6.92 Å². The Labute approximate surface area is 132 Å². The second-order valence-electron chi connectivity index (χ2n) is 4.90. The van der Waals surface area contributed by atoms with Crippen molar-refractivity contribution in [3.05, 3.63) is 33.8 Å². The van der Waals surface area contributed by atoms with Gasteiger partial charge in [-0.25, -0.2) is 0 Å². The maximum Gasteiger partial charge on any atom is 0.273 e. The molecular formula is C14H20BrN5O. The first-order valence-electron chi connectivity index (χ1n) is 7.04. The predicted octanol–water partition coefficient (Wildman–Crippen LogP) is 2.68. The topological polar surface area (TPSA) is 64.7 Å². The highest BCUT2D eigenvalue weighted by molar-refractivity contribution is 9.10. The lowest BCUT2D eigenvalue weighted by molar-refractivity contribution is 0.0933. The first kappa shape index (κ1) is 15.8. The molecule has 0 aliphatic heterocycles. The van der Waals surface area contributed by atoms with Crippen molar-refractivity contribution in [2.24, 2.45) is 0 Å². The third kappa shape index (κ3) is 3.34. The van der Waals surface area contributed by atoms with Gasteiger partial charge in [-0.3, -0.25) is 14.2 Å². The van der Waals surface area contributed by atoms with Gasteiger partial charge in [0, 0.05) is 31.0 Å². The van der Waals surface area contributed by atoms with Gasteiger partial charge in [-0.15, -0.1) is 0 Å². The molecule has 0 saturated heterocycles. The number of nitrogens with one attached hydrogen (secondary N) is 1. The van der Waals surface area contributed by atoms with E-state index in [1.165, 1.54) is 0 Å². The molecule has 7 heteroatoms. The van der Waals surface area contributed by atoms with Gasteiger partial charge in [0.2, 0.25) is 0 Å². The Bertz CT molecular complexity index is 646. The van der Waals surface area contributed by atoms with Crippen molar-refractivity contribution in [2.75, 3.05) is 0 Å². The molecule has 2 aromatic heterocycles. The second kappa shape index (κ2) is 6.43. The van der Waals surface area contributed by atoms with Crippen LogP contribution in [0.15, 0.2) is 16.9 Å². The summed E-state index contributed by atoms with van der Waals surface area (Å²) in [6.07, 6.45) is 3.78. The van der Waals surface area contributed by atoms with Gasteiger partial charge in [-0.1, -0.05) is 0 Å². The largest absolute Gasteiger partial charge is 0.344 e. The molecule has 114 valence electrons. The van der Waals surface area contributed by atoms with Crippen LogP contribution in [0.2, 0.25) is 0 Å². The minimum absolute atomic E-state index is 0.114. The molecule has 1 unspecified atom stereocenters. The molecule has 0 bridgehead atoms. The van der Waals surface area contributed by atoms with Crippen LogP contribution in [-0.4, -0.2) is 25.5 Å². The van der Waals surface area contributed by atoms with E-state index >= 15 is 0 Å². The molecule has 1 N–H and O–H groups in total. The second-order valence-corrected chi connectivity index (χ2v) is 5.76. The first-order valence-corrected chi connectivity index (χ1v) is 7.83. The number of nitrogens with zero attached hydrogens (tertiary/aromatic N) is 4. The van der Waals surface area contributed by atoms with Crippen LogP contribution in [-0.2, 0) is 13.1 Å². The maximum absolute atomic E-state index is 12.3. The fourth-order valence-corrected chi connectivity index (χ4v) is 2.67. The molecule has 0 aliphatic carbocycles. The normalized spacial score (nSPS) is 12.4. The highest BCUT2D eigenvalue weighted by Gasteiger charge is 2.19. The van der Waals surface area contributed by atoms with Crippen LogP contribution < -0.4 is 5.32 Å². The Balaban J connectivity index is 2.14. The minimum atomic E-state index is -0.190. The Morgan fingerprint density at radius 1 is 1.29 bits per heavy atom. The summed E-state index contributed by atoms with van der Waals surface area (Å²) < 4.78 is 4.30.